The van der Waals surface area contributed by atoms with E-state index in [2.05, 4.69) is 21.2 Å². The van der Waals surface area contributed by atoms with Crippen LogP contribution in [0.15, 0.2) is 51.8 Å². The molecule has 0 aliphatic carbocycles. The van der Waals surface area contributed by atoms with Crippen LogP contribution in [0.2, 0.25) is 0 Å². The van der Waals surface area contributed by atoms with Gasteiger partial charge in [0.1, 0.15) is 5.75 Å². The molecule has 3 rings (SSSR count). The summed E-state index contributed by atoms with van der Waals surface area (Å²) in [5, 5.41) is 2.74. The first-order valence-corrected chi connectivity index (χ1v) is 10.4. The normalized spacial score (nSPS) is 15.0. The Labute approximate surface area is 161 Å². The zero-order chi connectivity index (χ0) is 18.7. The summed E-state index contributed by atoms with van der Waals surface area (Å²) >= 11 is 3.32. The van der Waals surface area contributed by atoms with Crippen molar-refractivity contribution in [3.63, 3.8) is 0 Å². The molecule has 138 valence electrons. The minimum Gasteiger partial charge on any atom is -0.495 e. The first-order valence-electron chi connectivity index (χ1n) is 8.17. The highest BCUT2D eigenvalue weighted by Crippen LogP contribution is 2.30. The maximum Gasteiger partial charge on any atom is 0.255 e. The van der Waals surface area contributed by atoms with Gasteiger partial charge in [0.05, 0.1) is 17.7 Å². The second kappa shape index (κ2) is 7.77. The zero-order valence-corrected chi connectivity index (χ0v) is 16.6. The molecule has 0 bridgehead atoms. The molecular formula is C18H19BrN2O4S. The van der Waals surface area contributed by atoms with E-state index in [0.29, 0.717) is 30.1 Å². The van der Waals surface area contributed by atoms with Crippen LogP contribution in [-0.2, 0) is 10.0 Å². The first-order chi connectivity index (χ1) is 12.4. The summed E-state index contributed by atoms with van der Waals surface area (Å²) in [6.45, 7) is 1.05. The number of nitrogens with one attached hydrogen (secondary N) is 1. The summed E-state index contributed by atoms with van der Waals surface area (Å²) < 4.78 is 33.1. The Bertz CT molecular complexity index is 907. The summed E-state index contributed by atoms with van der Waals surface area (Å²) in [7, 11) is -2.10. The fourth-order valence-corrected chi connectivity index (χ4v) is 4.63. The maximum atomic E-state index is 12.7. The van der Waals surface area contributed by atoms with Crippen LogP contribution >= 0.6 is 15.9 Å². The van der Waals surface area contributed by atoms with Crippen molar-refractivity contribution in [3.05, 3.63) is 52.5 Å². The Kier molecular flexibility index (Phi) is 5.64. The summed E-state index contributed by atoms with van der Waals surface area (Å²) in [6.07, 6.45) is 1.73. The number of hydrogen-bond donors (Lipinski definition) is 1. The molecule has 0 saturated carbocycles. The molecule has 0 spiro atoms. The summed E-state index contributed by atoms with van der Waals surface area (Å²) in [4.78, 5) is 12.6. The number of carbonyl (C=O) groups is 1. The van der Waals surface area contributed by atoms with Gasteiger partial charge >= 0.3 is 0 Å². The van der Waals surface area contributed by atoms with E-state index in [4.69, 9.17) is 4.74 Å². The molecule has 6 nitrogen and oxygen atoms in total. The van der Waals surface area contributed by atoms with Crippen LogP contribution in [0.4, 0.5) is 5.69 Å². The molecule has 0 radical (unpaired) electrons. The van der Waals surface area contributed by atoms with Gasteiger partial charge in [-0.25, -0.2) is 8.42 Å². The van der Waals surface area contributed by atoms with E-state index in [1.807, 2.05) is 0 Å². The van der Waals surface area contributed by atoms with Crippen molar-refractivity contribution in [2.24, 2.45) is 0 Å². The van der Waals surface area contributed by atoms with Crippen molar-refractivity contribution in [2.45, 2.75) is 17.7 Å². The molecule has 1 aliphatic rings. The van der Waals surface area contributed by atoms with Gasteiger partial charge in [-0.1, -0.05) is 15.9 Å². The lowest BCUT2D eigenvalue weighted by atomic mass is 10.2. The number of benzene rings is 2. The molecule has 0 unspecified atom stereocenters. The monoisotopic (exact) mass is 438 g/mol. The third-order valence-electron chi connectivity index (χ3n) is 4.23. The molecule has 0 aromatic heterocycles. The highest BCUT2D eigenvalue weighted by molar-refractivity contribution is 9.10. The number of halogens is 1. The minimum absolute atomic E-state index is 0.145. The molecule has 2 aromatic rings. The van der Waals surface area contributed by atoms with Crippen LogP contribution in [0.1, 0.15) is 23.2 Å². The van der Waals surface area contributed by atoms with Gasteiger partial charge in [-0.2, -0.15) is 4.31 Å². The van der Waals surface area contributed by atoms with Crippen molar-refractivity contribution < 1.29 is 17.9 Å². The van der Waals surface area contributed by atoms with Gasteiger partial charge in [-0.15, -0.1) is 0 Å². The van der Waals surface area contributed by atoms with E-state index in [0.717, 1.165) is 17.3 Å². The van der Waals surface area contributed by atoms with Gasteiger partial charge in [0.15, 0.2) is 0 Å². The second-order valence-electron chi connectivity index (χ2n) is 5.93. The van der Waals surface area contributed by atoms with Gasteiger partial charge < -0.3 is 10.1 Å². The number of methoxy groups -OCH3 is 1. The molecule has 1 fully saturated rings. The zero-order valence-electron chi connectivity index (χ0n) is 14.2. The van der Waals surface area contributed by atoms with Crippen LogP contribution in [-0.4, -0.2) is 38.8 Å². The maximum absolute atomic E-state index is 12.7. The van der Waals surface area contributed by atoms with Crippen molar-refractivity contribution in [2.75, 3.05) is 25.5 Å². The summed E-state index contributed by atoms with van der Waals surface area (Å²) in [6, 6.07) is 11.4. The van der Waals surface area contributed by atoms with Crippen molar-refractivity contribution in [1.82, 2.24) is 4.31 Å². The summed E-state index contributed by atoms with van der Waals surface area (Å²) in [5.41, 5.74) is 0.781. The van der Waals surface area contributed by atoms with E-state index < -0.39 is 10.0 Å². The SMILES string of the molecule is COc1ccc(S(=O)(=O)N2CCCC2)cc1NC(=O)c1ccc(Br)cc1. The molecular weight excluding hydrogens is 420 g/mol. The third-order valence-corrected chi connectivity index (χ3v) is 6.65. The number of carbonyl (C=O) groups excluding carboxylic acids is 1. The average molecular weight is 439 g/mol. The third kappa shape index (κ3) is 3.92. The largest absolute Gasteiger partial charge is 0.495 e. The fourth-order valence-electron chi connectivity index (χ4n) is 2.82. The van der Waals surface area contributed by atoms with E-state index in [-0.39, 0.29) is 10.8 Å². The van der Waals surface area contributed by atoms with Crippen LogP contribution < -0.4 is 10.1 Å². The molecule has 26 heavy (non-hydrogen) atoms. The molecule has 1 heterocycles. The predicted octanol–water partition coefficient (Wildman–Crippen LogP) is 3.49. The molecule has 0 atom stereocenters. The number of amides is 1. The minimum atomic E-state index is -3.57. The lowest BCUT2D eigenvalue weighted by molar-refractivity contribution is 0.102. The van der Waals surface area contributed by atoms with Crippen molar-refractivity contribution >= 4 is 37.5 Å². The molecule has 8 heteroatoms. The smallest absolute Gasteiger partial charge is 0.255 e. The Morgan fingerprint density at radius 3 is 2.38 bits per heavy atom. The van der Waals surface area contributed by atoms with E-state index >= 15 is 0 Å². The number of rotatable bonds is 5. The molecule has 1 aliphatic heterocycles. The Morgan fingerprint density at radius 1 is 1.12 bits per heavy atom. The number of nitrogens with zero attached hydrogens (tertiary/aromatic N) is 1. The Hall–Kier alpha value is -1.90. The molecule has 1 N–H and O–H groups in total. The van der Waals surface area contributed by atoms with Gasteiger partial charge in [0, 0.05) is 23.1 Å². The van der Waals surface area contributed by atoms with E-state index in [1.165, 1.54) is 23.5 Å². The van der Waals surface area contributed by atoms with Crippen molar-refractivity contribution in [1.29, 1.82) is 0 Å². The van der Waals surface area contributed by atoms with Gasteiger partial charge in [0.25, 0.3) is 5.91 Å². The quantitative estimate of drug-likeness (QED) is 0.774. The molecule has 2 aromatic carbocycles. The van der Waals surface area contributed by atoms with Gasteiger partial charge in [-0.05, 0) is 55.3 Å². The second-order valence-corrected chi connectivity index (χ2v) is 8.79. The number of sulfonamides is 1. The van der Waals surface area contributed by atoms with Crippen molar-refractivity contribution in [3.8, 4) is 5.75 Å². The van der Waals surface area contributed by atoms with E-state index in [9.17, 15) is 13.2 Å². The van der Waals surface area contributed by atoms with Crippen LogP contribution in [0.3, 0.4) is 0 Å². The number of hydrogen-bond acceptors (Lipinski definition) is 4. The molecule has 1 amide bonds. The number of ether oxygens (including phenoxy) is 1. The summed E-state index contributed by atoms with van der Waals surface area (Å²) in [5.74, 6) is 0.0577. The van der Waals surface area contributed by atoms with Crippen LogP contribution in [0.5, 0.6) is 5.75 Å². The highest BCUT2D eigenvalue weighted by Gasteiger charge is 2.28. The highest BCUT2D eigenvalue weighted by atomic mass is 79.9. The van der Waals surface area contributed by atoms with Gasteiger partial charge in [0.2, 0.25) is 10.0 Å². The average Bonchev–Trinajstić information content (AvgIpc) is 3.17. The van der Waals surface area contributed by atoms with Crippen LogP contribution in [0, 0.1) is 0 Å². The Balaban J connectivity index is 1.90. The number of anilines is 1. The fraction of sp³-hybridized carbons (Fsp3) is 0.278. The molecule has 1 saturated heterocycles. The van der Waals surface area contributed by atoms with Gasteiger partial charge in [-0.3, -0.25) is 4.79 Å². The standard InChI is InChI=1S/C18H19BrN2O4S/c1-25-17-9-8-15(26(23,24)21-10-2-3-11-21)12-16(17)20-18(22)13-4-6-14(19)7-5-13/h4-9,12H,2-3,10-11H2,1H3,(H,20,22). The lowest BCUT2D eigenvalue weighted by Gasteiger charge is -2.17. The first kappa shape index (κ1) is 18.9. The van der Waals surface area contributed by atoms with Crippen LogP contribution in [0.25, 0.3) is 0 Å². The Morgan fingerprint density at radius 2 is 1.77 bits per heavy atom. The lowest BCUT2D eigenvalue weighted by Crippen LogP contribution is -2.28. The van der Waals surface area contributed by atoms with E-state index in [1.54, 1.807) is 30.3 Å². The predicted molar refractivity (Wildman–Crippen MR) is 103 cm³/mol. The topological polar surface area (TPSA) is 75.7 Å².